The number of hydrogen-bond acceptors (Lipinski definition) is 4. The van der Waals surface area contributed by atoms with Gasteiger partial charge in [-0.1, -0.05) is 45.6 Å². The molecule has 2 amide bonds. The highest BCUT2D eigenvalue weighted by Gasteiger charge is 2.37. The van der Waals surface area contributed by atoms with E-state index in [0.29, 0.717) is 22.0 Å². The van der Waals surface area contributed by atoms with Crippen molar-refractivity contribution >= 4 is 62.2 Å². The number of para-hydroxylation sites is 1. The Hall–Kier alpha value is -2.20. The molecule has 0 aromatic heterocycles. The molecule has 0 unspecified atom stereocenters. The van der Waals surface area contributed by atoms with Crippen molar-refractivity contribution in [1.82, 2.24) is 0 Å². The Morgan fingerprint density at radius 1 is 1.27 bits per heavy atom. The van der Waals surface area contributed by atoms with Gasteiger partial charge in [0.2, 0.25) is 0 Å². The molecule has 2 aromatic rings. The van der Waals surface area contributed by atoms with E-state index < -0.39 is 11.1 Å². The Balaban J connectivity index is 1.98. The smallest absolute Gasteiger partial charge is 0.298 e. The topological polar surface area (TPSA) is 46.6 Å². The van der Waals surface area contributed by atoms with E-state index in [1.165, 1.54) is 0 Å². The lowest BCUT2D eigenvalue weighted by atomic mass is 10.2. The molecule has 1 saturated heterocycles. The fourth-order valence-electron chi connectivity index (χ4n) is 2.33. The highest BCUT2D eigenvalue weighted by atomic mass is 79.9. The third-order valence-electron chi connectivity index (χ3n) is 3.46. The lowest BCUT2D eigenvalue weighted by Crippen LogP contribution is -2.27. The maximum atomic E-state index is 12.8. The van der Waals surface area contributed by atoms with Crippen molar-refractivity contribution in [3.63, 3.8) is 0 Å². The predicted octanol–water partition coefficient (Wildman–Crippen LogP) is 5.36. The summed E-state index contributed by atoms with van der Waals surface area (Å²) in [5, 5.41) is -0.0769. The SMILES string of the molecule is C#CCOc1ccc(Br)cc1/C=C1\SC(=O)N(c2ccccc2Cl)C1=O. The quantitative estimate of drug-likeness (QED) is 0.467. The Bertz CT molecular complexity index is 967. The minimum atomic E-state index is -0.434. The molecule has 0 radical (unpaired) electrons. The lowest BCUT2D eigenvalue weighted by Gasteiger charge is -2.13. The second kappa shape index (κ2) is 8.00. The zero-order valence-electron chi connectivity index (χ0n) is 13.2. The summed E-state index contributed by atoms with van der Waals surface area (Å²) < 4.78 is 6.31. The summed E-state index contributed by atoms with van der Waals surface area (Å²) in [6.07, 6.45) is 6.84. The molecule has 0 bridgehead atoms. The first-order chi connectivity index (χ1) is 12.5. The van der Waals surface area contributed by atoms with Crippen molar-refractivity contribution in [2.45, 2.75) is 0 Å². The number of carbonyl (C=O) groups is 2. The summed E-state index contributed by atoms with van der Waals surface area (Å²) in [6, 6.07) is 12.0. The second-order valence-corrected chi connectivity index (χ2v) is 7.46. The molecule has 0 atom stereocenters. The van der Waals surface area contributed by atoms with Crippen LogP contribution >= 0.6 is 39.3 Å². The first kappa shape index (κ1) is 18.6. The maximum Gasteiger partial charge on any atom is 0.298 e. The van der Waals surface area contributed by atoms with E-state index in [-0.39, 0.29) is 11.5 Å². The first-order valence-corrected chi connectivity index (χ1v) is 9.38. The van der Waals surface area contributed by atoms with E-state index in [1.54, 1.807) is 48.5 Å². The summed E-state index contributed by atoms with van der Waals surface area (Å²) in [5.74, 6) is 2.49. The van der Waals surface area contributed by atoms with Crippen LogP contribution in [-0.4, -0.2) is 17.8 Å². The number of carbonyl (C=O) groups excluding carboxylic acids is 2. The number of anilines is 1. The van der Waals surface area contributed by atoms with Crippen molar-refractivity contribution in [3.8, 4) is 18.1 Å². The number of amides is 2. The van der Waals surface area contributed by atoms with Gasteiger partial charge in [-0.05, 0) is 48.2 Å². The molecule has 7 heteroatoms. The Labute approximate surface area is 168 Å². The average Bonchev–Trinajstić information content (AvgIpc) is 2.88. The minimum absolute atomic E-state index is 0.101. The number of hydrogen-bond donors (Lipinski definition) is 0. The van der Waals surface area contributed by atoms with Crippen LogP contribution in [0.3, 0.4) is 0 Å². The van der Waals surface area contributed by atoms with Gasteiger partial charge in [0.25, 0.3) is 11.1 Å². The van der Waals surface area contributed by atoms with Crippen LogP contribution in [0, 0.1) is 12.3 Å². The highest BCUT2D eigenvalue weighted by molar-refractivity contribution is 9.10. The molecular formula is C19H11BrClNO3S. The summed E-state index contributed by atoms with van der Waals surface area (Å²) in [4.78, 5) is 26.5. The number of rotatable bonds is 4. The van der Waals surface area contributed by atoms with Crippen molar-refractivity contribution in [2.75, 3.05) is 11.5 Å². The number of imide groups is 1. The molecule has 3 rings (SSSR count). The van der Waals surface area contributed by atoms with Crippen LogP contribution in [0.5, 0.6) is 5.75 Å². The molecule has 4 nitrogen and oxygen atoms in total. The Morgan fingerprint density at radius 3 is 2.77 bits per heavy atom. The van der Waals surface area contributed by atoms with Gasteiger partial charge in [-0.2, -0.15) is 0 Å². The number of benzene rings is 2. The van der Waals surface area contributed by atoms with Gasteiger partial charge in [0, 0.05) is 10.0 Å². The van der Waals surface area contributed by atoms with Gasteiger partial charge in [0.1, 0.15) is 12.4 Å². The molecule has 0 aliphatic carbocycles. The van der Waals surface area contributed by atoms with E-state index in [0.717, 1.165) is 21.1 Å². The van der Waals surface area contributed by atoms with Gasteiger partial charge < -0.3 is 4.74 Å². The molecule has 1 fully saturated rings. The molecule has 0 N–H and O–H groups in total. The monoisotopic (exact) mass is 447 g/mol. The standard InChI is InChI=1S/C19H11BrClNO3S/c1-2-9-25-16-8-7-13(20)10-12(16)11-17-18(23)22(19(24)26-17)15-6-4-3-5-14(15)21/h1,3-8,10-11H,9H2/b17-11-. The molecular weight excluding hydrogens is 438 g/mol. The van der Waals surface area contributed by atoms with E-state index in [2.05, 4.69) is 21.9 Å². The van der Waals surface area contributed by atoms with Gasteiger partial charge in [-0.3, -0.25) is 9.59 Å². The van der Waals surface area contributed by atoms with Crippen LogP contribution in [-0.2, 0) is 4.79 Å². The number of terminal acetylenes is 1. The zero-order chi connectivity index (χ0) is 18.7. The Kier molecular flexibility index (Phi) is 5.72. The van der Waals surface area contributed by atoms with E-state index in [1.807, 2.05) is 0 Å². The van der Waals surface area contributed by atoms with Crippen LogP contribution < -0.4 is 9.64 Å². The molecule has 1 aliphatic rings. The predicted molar refractivity (Wildman–Crippen MR) is 108 cm³/mol. The highest BCUT2D eigenvalue weighted by Crippen LogP contribution is 2.39. The fraction of sp³-hybridized carbons (Fsp3) is 0.0526. The third kappa shape index (κ3) is 3.80. The molecule has 26 heavy (non-hydrogen) atoms. The van der Waals surface area contributed by atoms with E-state index in [4.69, 9.17) is 22.8 Å². The van der Waals surface area contributed by atoms with Crippen molar-refractivity contribution in [1.29, 1.82) is 0 Å². The maximum absolute atomic E-state index is 12.8. The minimum Gasteiger partial charge on any atom is -0.480 e. The summed E-state index contributed by atoms with van der Waals surface area (Å²) >= 11 is 10.4. The van der Waals surface area contributed by atoms with E-state index >= 15 is 0 Å². The molecule has 0 saturated carbocycles. The van der Waals surface area contributed by atoms with Crippen molar-refractivity contribution in [2.24, 2.45) is 0 Å². The largest absolute Gasteiger partial charge is 0.480 e. The van der Waals surface area contributed by atoms with Crippen molar-refractivity contribution in [3.05, 3.63) is 62.4 Å². The number of thioether (sulfide) groups is 1. The van der Waals surface area contributed by atoms with Crippen LogP contribution in [0.15, 0.2) is 51.8 Å². The first-order valence-electron chi connectivity index (χ1n) is 7.39. The lowest BCUT2D eigenvalue weighted by molar-refractivity contribution is -0.113. The van der Waals surface area contributed by atoms with Crippen LogP contribution in [0.4, 0.5) is 10.5 Å². The molecule has 2 aromatic carbocycles. The van der Waals surface area contributed by atoms with Gasteiger partial charge in [0.05, 0.1) is 15.6 Å². The molecule has 130 valence electrons. The van der Waals surface area contributed by atoms with Gasteiger partial charge in [-0.15, -0.1) is 6.42 Å². The summed E-state index contributed by atoms with van der Waals surface area (Å²) in [7, 11) is 0. The third-order valence-corrected chi connectivity index (χ3v) is 5.14. The van der Waals surface area contributed by atoms with Crippen LogP contribution in [0.2, 0.25) is 5.02 Å². The van der Waals surface area contributed by atoms with Crippen LogP contribution in [0.1, 0.15) is 5.56 Å². The molecule has 1 heterocycles. The average molecular weight is 449 g/mol. The summed E-state index contributed by atoms with van der Waals surface area (Å²) in [5.41, 5.74) is 0.998. The number of halogens is 2. The normalized spacial score (nSPS) is 15.4. The van der Waals surface area contributed by atoms with Crippen LogP contribution in [0.25, 0.3) is 6.08 Å². The second-order valence-electron chi connectivity index (χ2n) is 5.14. The van der Waals surface area contributed by atoms with E-state index in [9.17, 15) is 9.59 Å². The zero-order valence-corrected chi connectivity index (χ0v) is 16.4. The van der Waals surface area contributed by atoms with Gasteiger partial charge in [-0.25, -0.2) is 4.90 Å². The number of ether oxygens (including phenoxy) is 1. The molecule has 1 aliphatic heterocycles. The number of nitrogens with zero attached hydrogens (tertiary/aromatic N) is 1. The Morgan fingerprint density at radius 2 is 2.04 bits per heavy atom. The summed E-state index contributed by atoms with van der Waals surface area (Å²) in [6.45, 7) is 0.101. The van der Waals surface area contributed by atoms with Gasteiger partial charge >= 0.3 is 0 Å². The van der Waals surface area contributed by atoms with Gasteiger partial charge in [0.15, 0.2) is 0 Å². The molecule has 0 spiro atoms. The fourth-order valence-corrected chi connectivity index (χ4v) is 3.76. The van der Waals surface area contributed by atoms with Crippen molar-refractivity contribution < 1.29 is 14.3 Å².